The Labute approximate surface area is 238 Å². The summed E-state index contributed by atoms with van der Waals surface area (Å²) in [7, 11) is 1.25. The molecule has 1 aromatic heterocycles. The zero-order valence-electron chi connectivity index (χ0n) is 22.5. The first-order valence-electron chi connectivity index (χ1n) is 12.6. The number of aliphatic carboxylic acids is 1. The predicted molar refractivity (Wildman–Crippen MR) is 146 cm³/mol. The number of nitrogens with zero attached hydrogens (tertiary/aromatic N) is 4. The third kappa shape index (κ3) is 5.93. The zero-order chi connectivity index (χ0) is 30.6. The molecule has 2 atom stereocenters. The number of rotatable bonds is 9. The molecule has 0 spiro atoms. The Kier molecular flexibility index (Phi) is 8.86. The fourth-order valence-corrected chi connectivity index (χ4v) is 4.71. The largest absolute Gasteiger partial charge is 0.481 e. The van der Waals surface area contributed by atoms with E-state index in [1.807, 2.05) is 0 Å². The molecule has 2 aromatic carbocycles. The number of ether oxygens (including phenoxy) is 1. The number of anilines is 2. The number of aldehydes is 1. The van der Waals surface area contributed by atoms with Gasteiger partial charge in [0.25, 0.3) is 17.7 Å². The van der Waals surface area contributed by atoms with Crippen LogP contribution in [0.25, 0.3) is 10.8 Å². The van der Waals surface area contributed by atoms with Gasteiger partial charge in [0.2, 0.25) is 5.91 Å². The number of halogens is 1. The molecule has 0 saturated heterocycles. The Morgan fingerprint density at radius 1 is 1.19 bits per heavy atom. The number of hydrazine groups is 1. The van der Waals surface area contributed by atoms with Gasteiger partial charge in [-0.05, 0) is 29.7 Å². The maximum Gasteiger partial charge on any atom is 0.305 e. The summed E-state index contributed by atoms with van der Waals surface area (Å²) in [6, 6.07) is 8.32. The average Bonchev–Trinajstić information content (AvgIpc) is 3.06. The van der Waals surface area contributed by atoms with Crippen LogP contribution < -0.4 is 15.2 Å². The molecular formula is C28H26FN5O8. The van der Waals surface area contributed by atoms with Gasteiger partial charge in [-0.1, -0.05) is 24.3 Å². The number of methoxy groups -OCH3 is 1. The van der Waals surface area contributed by atoms with E-state index in [2.05, 4.69) is 10.3 Å². The van der Waals surface area contributed by atoms with Gasteiger partial charge in [0, 0.05) is 25.6 Å². The van der Waals surface area contributed by atoms with Gasteiger partial charge >= 0.3 is 5.97 Å². The van der Waals surface area contributed by atoms with E-state index < -0.39 is 67.1 Å². The number of hydrogen-bond acceptors (Lipinski definition) is 8. The minimum Gasteiger partial charge on any atom is -0.481 e. The van der Waals surface area contributed by atoms with Crippen molar-refractivity contribution in [3.8, 4) is 0 Å². The molecule has 13 nitrogen and oxygen atoms in total. The second-order valence-electron chi connectivity index (χ2n) is 9.29. The number of carbonyl (C=O) groups excluding carboxylic acids is 5. The van der Waals surface area contributed by atoms with Crippen LogP contribution in [0.15, 0.2) is 54.7 Å². The number of benzene rings is 2. The van der Waals surface area contributed by atoms with Crippen LogP contribution in [0.5, 0.6) is 0 Å². The topological polar surface area (TPSA) is 167 Å². The molecule has 0 radical (unpaired) electrons. The third-order valence-corrected chi connectivity index (χ3v) is 6.48. The fraction of sp³-hybridized carbons (Fsp3) is 0.250. The molecule has 42 heavy (non-hydrogen) atoms. The highest BCUT2D eigenvalue weighted by Crippen LogP contribution is 2.36. The lowest BCUT2D eigenvalue weighted by Gasteiger charge is -2.38. The molecule has 3 aromatic rings. The molecule has 218 valence electrons. The van der Waals surface area contributed by atoms with Crippen molar-refractivity contribution in [3.05, 3.63) is 66.2 Å². The van der Waals surface area contributed by atoms with Crippen LogP contribution in [-0.4, -0.2) is 83.3 Å². The van der Waals surface area contributed by atoms with Gasteiger partial charge in [-0.15, -0.1) is 0 Å². The number of nitrogens with one attached hydrogen (secondary N) is 1. The number of fused-ring (bicyclic) bond motifs is 2. The first-order valence-corrected chi connectivity index (χ1v) is 12.6. The quantitative estimate of drug-likeness (QED) is 0.355. The van der Waals surface area contributed by atoms with Crippen LogP contribution in [0, 0.1) is 5.82 Å². The SMILES string of the molecule is COCC(=O)N1C[C@H](NC(=O)c2nccc3ccccc23)C(=O)N(N(C(C)=O)[C@H](C=O)CC(=O)O)c2ccc(F)cc21. The summed E-state index contributed by atoms with van der Waals surface area (Å²) in [5, 5.41) is 14.4. The molecule has 0 aliphatic carbocycles. The van der Waals surface area contributed by atoms with Crippen LogP contribution >= 0.6 is 0 Å². The van der Waals surface area contributed by atoms with Crippen molar-refractivity contribution >= 4 is 58.0 Å². The van der Waals surface area contributed by atoms with Crippen molar-refractivity contribution in [1.29, 1.82) is 0 Å². The number of carbonyl (C=O) groups is 6. The minimum atomic E-state index is -1.67. The highest BCUT2D eigenvalue weighted by atomic mass is 19.1. The second-order valence-corrected chi connectivity index (χ2v) is 9.29. The number of carboxylic acid groups (broad SMARTS) is 1. The van der Waals surface area contributed by atoms with E-state index in [1.54, 1.807) is 30.3 Å². The van der Waals surface area contributed by atoms with Crippen LogP contribution in [-0.2, 0) is 28.7 Å². The van der Waals surface area contributed by atoms with E-state index in [0.29, 0.717) is 20.8 Å². The molecule has 0 saturated carbocycles. The molecule has 1 aliphatic rings. The minimum absolute atomic E-state index is 0.0323. The van der Waals surface area contributed by atoms with Crippen molar-refractivity contribution in [2.24, 2.45) is 0 Å². The molecule has 0 fully saturated rings. The van der Waals surface area contributed by atoms with Gasteiger partial charge in [-0.25, -0.2) is 14.4 Å². The van der Waals surface area contributed by atoms with Crippen LogP contribution in [0.2, 0.25) is 0 Å². The molecule has 4 rings (SSSR count). The normalized spacial score (nSPS) is 15.4. The van der Waals surface area contributed by atoms with Crippen molar-refractivity contribution in [3.63, 3.8) is 0 Å². The predicted octanol–water partition coefficient (Wildman–Crippen LogP) is 1.30. The number of carboxylic acids is 1. The van der Waals surface area contributed by atoms with Gasteiger partial charge < -0.3 is 24.9 Å². The van der Waals surface area contributed by atoms with E-state index in [1.165, 1.54) is 13.3 Å². The average molecular weight is 580 g/mol. The van der Waals surface area contributed by atoms with Gasteiger partial charge in [0.15, 0.2) is 0 Å². The number of hydrogen-bond donors (Lipinski definition) is 2. The lowest BCUT2D eigenvalue weighted by atomic mass is 10.1. The third-order valence-electron chi connectivity index (χ3n) is 6.48. The Morgan fingerprint density at radius 3 is 2.60 bits per heavy atom. The Balaban J connectivity index is 1.88. The summed E-state index contributed by atoms with van der Waals surface area (Å²) < 4.78 is 19.5. The summed E-state index contributed by atoms with van der Waals surface area (Å²) in [6.07, 6.45) is 0.717. The summed E-state index contributed by atoms with van der Waals surface area (Å²) in [5.74, 6) is -5.66. The fourth-order valence-electron chi connectivity index (χ4n) is 4.71. The van der Waals surface area contributed by atoms with Crippen LogP contribution in [0.3, 0.4) is 0 Å². The number of pyridine rings is 1. The monoisotopic (exact) mass is 579 g/mol. The number of amides is 4. The van der Waals surface area contributed by atoms with Gasteiger partial charge in [-0.3, -0.25) is 29.0 Å². The summed E-state index contributed by atoms with van der Waals surface area (Å²) in [5.41, 5.74) is -0.426. The maximum atomic E-state index is 14.5. The Bertz CT molecular complexity index is 1580. The summed E-state index contributed by atoms with van der Waals surface area (Å²) >= 11 is 0. The lowest BCUT2D eigenvalue weighted by Crippen LogP contribution is -2.61. The molecule has 2 heterocycles. The van der Waals surface area contributed by atoms with Crippen LogP contribution in [0.4, 0.5) is 15.8 Å². The van der Waals surface area contributed by atoms with Crippen molar-refractivity contribution in [1.82, 2.24) is 15.3 Å². The van der Waals surface area contributed by atoms with E-state index in [9.17, 15) is 38.3 Å². The first-order chi connectivity index (χ1) is 20.1. The first kappa shape index (κ1) is 29.7. The van der Waals surface area contributed by atoms with E-state index in [0.717, 1.165) is 30.0 Å². The van der Waals surface area contributed by atoms with Gasteiger partial charge in [0.05, 0.1) is 24.3 Å². The van der Waals surface area contributed by atoms with Gasteiger partial charge in [-0.2, -0.15) is 0 Å². The van der Waals surface area contributed by atoms with E-state index >= 15 is 0 Å². The molecule has 0 bridgehead atoms. The molecule has 2 N–H and O–H groups in total. The standard InChI is InChI=1S/C28H26FN5O8/c1-16(36)33(19(14-35)12-25(38)39)34-22-8-7-18(29)11-23(22)32(24(37)15-42-2)13-21(28(34)41)31-27(40)26-20-6-4-3-5-17(20)9-10-30-26/h3-11,14,19,21H,12-13,15H2,1-2H3,(H,31,40)(H,38,39)/t19-,21-/m0/s1. The van der Waals surface area contributed by atoms with Crippen molar-refractivity contribution in [2.75, 3.05) is 30.2 Å². The van der Waals surface area contributed by atoms with Crippen LogP contribution in [0.1, 0.15) is 23.8 Å². The zero-order valence-corrected chi connectivity index (χ0v) is 22.5. The van der Waals surface area contributed by atoms with E-state index in [-0.39, 0.29) is 23.4 Å². The van der Waals surface area contributed by atoms with Crippen molar-refractivity contribution < 1.29 is 43.0 Å². The molecule has 4 amide bonds. The smallest absolute Gasteiger partial charge is 0.305 e. The molecule has 14 heteroatoms. The highest BCUT2D eigenvalue weighted by molar-refractivity contribution is 6.11. The second kappa shape index (κ2) is 12.5. The molecular weight excluding hydrogens is 553 g/mol. The lowest BCUT2D eigenvalue weighted by molar-refractivity contribution is -0.145. The number of aromatic nitrogens is 1. The maximum absolute atomic E-state index is 14.5. The molecule has 0 unspecified atom stereocenters. The Morgan fingerprint density at radius 2 is 1.93 bits per heavy atom. The summed E-state index contributed by atoms with van der Waals surface area (Å²) in [4.78, 5) is 82.4. The highest BCUT2D eigenvalue weighted by Gasteiger charge is 2.43. The summed E-state index contributed by atoms with van der Waals surface area (Å²) in [6.45, 7) is -0.00974. The van der Waals surface area contributed by atoms with E-state index in [4.69, 9.17) is 4.74 Å². The Hall–Kier alpha value is -5.24. The van der Waals surface area contributed by atoms with Crippen molar-refractivity contribution in [2.45, 2.75) is 25.4 Å². The van der Waals surface area contributed by atoms with Gasteiger partial charge in [0.1, 0.15) is 36.5 Å². The molecule has 1 aliphatic heterocycles.